The van der Waals surface area contributed by atoms with Crippen LogP contribution < -0.4 is 15.2 Å². The molecule has 2 N–H and O–H groups in total. The van der Waals surface area contributed by atoms with Crippen molar-refractivity contribution >= 4 is 11.6 Å². The van der Waals surface area contributed by atoms with Crippen molar-refractivity contribution < 1.29 is 14.2 Å². The second kappa shape index (κ2) is 6.27. The quantitative estimate of drug-likeness (QED) is 0.890. The van der Waals surface area contributed by atoms with Gasteiger partial charge in [0.25, 0.3) is 0 Å². The van der Waals surface area contributed by atoms with E-state index in [-0.39, 0.29) is 6.10 Å². The summed E-state index contributed by atoms with van der Waals surface area (Å²) in [5.74, 6) is 1.39. The van der Waals surface area contributed by atoms with E-state index in [1.807, 2.05) is 6.07 Å². The number of methoxy groups -OCH3 is 1. The number of halogens is 1. The molecule has 0 saturated carbocycles. The van der Waals surface area contributed by atoms with Gasteiger partial charge in [-0.2, -0.15) is 0 Å². The fourth-order valence-corrected chi connectivity index (χ4v) is 2.25. The number of benzene rings is 1. The second-order valence-corrected chi connectivity index (χ2v) is 4.67. The van der Waals surface area contributed by atoms with Crippen LogP contribution in [-0.2, 0) is 11.2 Å². The Labute approximate surface area is 112 Å². The van der Waals surface area contributed by atoms with Gasteiger partial charge in [-0.1, -0.05) is 11.6 Å². The number of rotatable bonds is 5. The Morgan fingerprint density at radius 1 is 1.50 bits per heavy atom. The Kier molecular flexibility index (Phi) is 4.69. The van der Waals surface area contributed by atoms with E-state index in [2.05, 4.69) is 0 Å². The smallest absolute Gasteiger partial charge is 0.165 e. The predicted octanol–water partition coefficient (Wildman–Crippen LogP) is 2.02. The highest BCUT2D eigenvalue weighted by Crippen LogP contribution is 2.36. The SMILES string of the molecule is COc1cc(Cl)cc(CCN)c1OC1CCOC1. The normalized spacial score (nSPS) is 18.9. The summed E-state index contributed by atoms with van der Waals surface area (Å²) in [5.41, 5.74) is 6.60. The van der Waals surface area contributed by atoms with E-state index in [9.17, 15) is 0 Å². The molecule has 100 valence electrons. The van der Waals surface area contributed by atoms with Crippen LogP contribution in [0.3, 0.4) is 0 Å². The van der Waals surface area contributed by atoms with Gasteiger partial charge in [0.1, 0.15) is 6.10 Å². The lowest BCUT2D eigenvalue weighted by Gasteiger charge is -2.18. The van der Waals surface area contributed by atoms with E-state index in [1.54, 1.807) is 13.2 Å². The van der Waals surface area contributed by atoms with Crippen LogP contribution in [0.15, 0.2) is 12.1 Å². The van der Waals surface area contributed by atoms with Crippen LogP contribution in [0.2, 0.25) is 5.02 Å². The average molecular weight is 272 g/mol. The molecule has 0 aliphatic carbocycles. The monoisotopic (exact) mass is 271 g/mol. The van der Waals surface area contributed by atoms with Crippen molar-refractivity contribution in [3.8, 4) is 11.5 Å². The number of hydrogen-bond donors (Lipinski definition) is 1. The molecule has 4 nitrogen and oxygen atoms in total. The lowest BCUT2D eigenvalue weighted by atomic mass is 10.1. The van der Waals surface area contributed by atoms with E-state index < -0.39 is 0 Å². The summed E-state index contributed by atoms with van der Waals surface area (Å²) in [6.45, 7) is 1.90. The molecular formula is C13H18ClNO3. The Morgan fingerprint density at radius 3 is 2.94 bits per heavy atom. The zero-order valence-electron chi connectivity index (χ0n) is 10.4. The largest absolute Gasteiger partial charge is 0.493 e. The van der Waals surface area contributed by atoms with Gasteiger partial charge >= 0.3 is 0 Å². The average Bonchev–Trinajstić information content (AvgIpc) is 2.85. The molecule has 1 aliphatic heterocycles. The first-order chi connectivity index (χ1) is 8.74. The van der Waals surface area contributed by atoms with E-state index in [1.165, 1.54) is 0 Å². The molecule has 0 radical (unpaired) electrons. The van der Waals surface area contributed by atoms with E-state index in [4.69, 9.17) is 31.5 Å². The van der Waals surface area contributed by atoms with Crippen molar-refractivity contribution in [2.45, 2.75) is 18.9 Å². The second-order valence-electron chi connectivity index (χ2n) is 4.24. The minimum atomic E-state index is 0.0802. The van der Waals surface area contributed by atoms with Crippen LogP contribution in [0.25, 0.3) is 0 Å². The molecule has 5 heteroatoms. The van der Waals surface area contributed by atoms with Crippen molar-refractivity contribution in [1.82, 2.24) is 0 Å². The van der Waals surface area contributed by atoms with Crippen LogP contribution in [0.1, 0.15) is 12.0 Å². The highest BCUT2D eigenvalue weighted by Gasteiger charge is 2.21. The van der Waals surface area contributed by atoms with Gasteiger partial charge in [-0.05, 0) is 19.0 Å². The van der Waals surface area contributed by atoms with Crippen LogP contribution in [-0.4, -0.2) is 33.0 Å². The van der Waals surface area contributed by atoms with Gasteiger partial charge in [-0.15, -0.1) is 0 Å². The summed E-state index contributed by atoms with van der Waals surface area (Å²) in [4.78, 5) is 0. The van der Waals surface area contributed by atoms with E-state index in [0.29, 0.717) is 30.3 Å². The number of nitrogens with two attached hydrogens (primary N) is 1. The van der Waals surface area contributed by atoms with Gasteiger partial charge in [0.05, 0.1) is 20.3 Å². The fraction of sp³-hybridized carbons (Fsp3) is 0.538. The zero-order chi connectivity index (χ0) is 13.0. The Bertz CT molecular complexity index is 405. The minimum absolute atomic E-state index is 0.0802. The van der Waals surface area contributed by atoms with Crippen LogP contribution in [0.5, 0.6) is 11.5 Å². The molecule has 1 saturated heterocycles. The lowest BCUT2D eigenvalue weighted by molar-refractivity contribution is 0.138. The molecule has 1 fully saturated rings. The van der Waals surface area contributed by atoms with Crippen LogP contribution >= 0.6 is 11.6 Å². The first kappa shape index (κ1) is 13.5. The Hall–Kier alpha value is -0.970. The molecule has 0 amide bonds. The molecule has 1 aromatic rings. The van der Waals surface area contributed by atoms with Gasteiger partial charge in [0.2, 0.25) is 0 Å². The summed E-state index contributed by atoms with van der Waals surface area (Å²) in [5, 5.41) is 0.630. The van der Waals surface area contributed by atoms with E-state index >= 15 is 0 Å². The molecule has 1 unspecified atom stereocenters. The van der Waals surface area contributed by atoms with Crippen molar-refractivity contribution in [1.29, 1.82) is 0 Å². The summed E-state index contributed by atoms with van der Waals surface area (Å²) in [7, 11) is 1.61. The zero-order valence-corrected chi connectivity index (χ0v) is 11.2. The summed E-state index contributed by atoms with van der Waals surface area (Å²) < 4.78 is 16.6. The van der Waals surface area contributed by atoms with E-state index in [0.717, 1.165) is 24.3 Å². The summed E-state index contributed by atoms with van der Waals surface area (Å²) in [6, 6.07) is 3.63. The highest BCUT2D eigenvalue weighted by atomic mass is 35.5. The van der Waals surface area contributed by atoms with Gasteiger partial charge in [0.15, 0.2) is 11.5 Å². The van der Waals surface area contributed by atoms with Crippen molar-refractivity contribution in [2.24, 2.45) is 5.73 Å². The molecule has 18 heavy (non-hydrogen) atoms. The maximum absolute atomic E-state index is 6.05. The first-order valence-corrected chi connectivity index (χ1v) is 6.43. The fourth-order valence-electron chi connectivity index (χ4n) is 2.02. The lowest BCUT2D eigenvalue weighted by Crippen LogP contribution is -2.18. The molecule has 0 spiro atoms. The first-order valence-electron chi connectivity index (χ1n) is 6.05. The topological polar surface area (TPSA) is 53.7 Å². The number of ether oxygens (including phenoxy) is 3. The van der Waals surface area contributed by atoms with Gasteiger partial charge in [-0.25, -0.2) is 0 Å². The van der Waals surface area contributed by atoms with Crippen molar-refractivity contribution in [3.05, 3.63) is 22.7 Å². The Morgan fingerprint density at radius 2 is 2.33 bits per heavy atom. The van der Waals surface area contributed by atoms with Gasteiger partial charge in [0, 0.05) is 23.1 Å². The maximum atomic E-state index is 6.05. The third kappa shape index (κ3) is 3.07. The summed E-state index contributed by atoms with van der Waals surface area (Å²) in [6.07, 6.45) is 1.69. The summed E-state index contributed by atoms with van der Waals surface area (Å²) >= 11 is 6.05. The molecule has 2 rings (SSSR count). The standard InChI is InChI=1S/C13H18ClNO3/c1-16-12-7-10(14)6-9(2-4-15)13(12)18-11-3-5-17-8-11/h6-7,11H,2-5,8,15H2,1H3. The van der Waals surface area contributed by atoms with Crippen molar-refractivity contribution in [2.75, 3.05) is 26.9 Å². The minimum Gasteiger partial charge on any atom is -0.493 e. The van der Waals surface area contributed by atoms with Gasteiger partial charge in [-0.3, -0.25) is 0 Å². The molecule has 1 aliphatic rings. The molecule has 0 aromatic heterocycles. The number of hydrogen-bond acceptors (Lipinski definition) is 4. The van der Waals surface area contributed by atoms with Gasteiger partial charge < -0.3 is 19.9 Å². The highest BCUT2D eigenvalue weighted by molar-refractivity contribution is 6.30. The predicted molar refractivity (Wildman–Crippen MR) is 70.6 cm³/mol. The van der Waals surface area contributed by atoms with Crippen LogP contribution in [0, 0.1) is 0 Å². The molecule has 1 heterocycles. The third-order valence-corrected chi connectivity index (χ3v) is 3.12. The molecule has 1 atom stereocenters. The Balaban J connectivity index is 2.28. The van der Waals surface area contributed by atoms with Crippen molar-refractivity contribution in [3.63, 3.8) is 0 Å². The maximum Gasteiger partial charge on any atom is 0.165 e. The molecule has 1 aromatic carbocycles. The van der Waals surface area contributed by atoms with Crippen LogP contribution in [0.4, 0.5) is 0 Å². The molecular weight excluding hydrogens is 254 g/mol. The third-order valence-electron chi connectivity index (χ3n) is 2.90. The molecule has 0 bridgehead atoms.